The van der Waals surface area contributed by atoms with Gasteiger partial charge in [0.05, 0.1) is 6.04 Å². The highest BCUT2D eigenvalue weighted by molar-refractivity contribution is 5.82. The Labute approximate surface area is 194 Å². The molecule has 0 aromatic heterocycles. The first-order valence-corrected chi connectivity index (χ1v) is 11.4. The second-order valence-electron chi connectivity index (χ2n) is 10.0. The zero-order valence-corrected chi connectivity index (χ0v) is 20.3. The minimum atomic E-state index is -4.90. The van der Waals surface area contributed by atoms with Crippen molar-refractivity contribution in [1.29, 1.82) is 0 Å². The van der Waals surface area contributed by atoms with Crippen LogP contribution in [0.5, 0.6) is 0 Å². The maximum atomic E-state index is 12.5. The van der Waals surface area contributed by atoms with Gasteiger partial charge in [0.2, 0.25) is 0 Å². The second-order valence-corrected chi connectivity index (χ2v) is 10.0. The molecule has 2 amide bonds. The number of nitrogens with zero attached hydrogens (tertiary/aromatic N) is 2. The molecular formula is C24H36F3N3O3. The Morgan fingerprint density at radius 1 is 0.970 bits per heavy atom. The third-order valence-electron chi connectivity index (χ3n) is 5.53. The number of nitrogens with one attached hydrogen (secondary N) is 1. The second kappa shape index (κ2) is 10.8. The number of rotatable bonds is 6. The maximum absolute atomic E-state index is 12.5. The molecule has 1 unspecified atom stereocenters. The van der Waals surface area contributed by atoms with Crippen LogP contribution in [-0.4, -0.2) is 59.8 Å². The highest BCUT2D eigenvalue weighted by Gasteiger charge is 2.39. The molecule has 33 heavy (non-hydrogen) atoms. The summed E-state index contributed by atoms with van der Waals surface area (Å²) in [4.78, 5) is 27.6. The van der Waals surface area contributed by atoms with E-state index >= 15 is 0 Å². The summed E-state index contributed by atoms with van der Waals surface area (Å²) in [7, 11) is 0. The summed E-state index contributed by atoms with van der Waals surface area (Å²) in [6, 6.07) is 6.73. The highest BCUT2D eigenvalue weighted by atomic mass is 19.4. The van der Waals surface area contributed by atoms with Gasteiger partial charge in [-0.05, 0) is 51.2 Å². The van der Waals surface area contributed by atoms with Gasteiger partial charge < -0.3 is 15.0 Å². The van der Waals surface area contributed by atoms with Crippen LogP contribution in [-0.2, 0) is 9.53 Å². The van der Waals surface area contributed by atoms with Gasteiger partial charge in [0.25, 0.3) is 0 Å². The van der Waals surface area contributed by atoms with E-state index in [9.17, 15) is 22.8 Å². The Bertz CT molecular complexity index is 796. The summed E-state index contributed by atoms with van der Waals surface area (Å²) >= 11 is 0. The molecule has 1 aromatic carbocycles. The van der Waals surface area contributed by atoms with Gasteiger partial charge in [-0.2, -0.15) is 13.2 Å². The lowest BCUT2D eigenvalue weighted by atomic mass is 9.93. The Morgan fingerprint density at radius 3 is 1.94 bits per heavy atom. The molecule has 186 valence electrons. The predicted octanol–water partition coefficient (Wildman–Crippen LogP) is 5.07. The van der Waals surface area contributed by atoms with Crippen molar-refractivity contribution in [3.05, 3.63) is 35.4 Å². The third-order valence-corrected chi connectivity index (χ3v) is 5.53. The SMILES string of the molecule is CC(C)CC(c1ccc([C@H](C)NC(=O)C(F)(F)F)cc1)N1CCN(C(=O)OC(C)(C)C)CC1. The Kier molecular flexibility index (Phi) is 8.79. The summed E-state index contributed by atoms with van der Waals surface area (Å²) in [5, 5.41) is 1.99. The van der Waals surface area contributed by atoms with Crippen molar-refractivity contribution in [2.45, 2.75) is 71.8 Å². The topological polar surface area (TPSA) is 61.9 Å². The largest absolute Gasteiger partial charge is 0.471 e. The minimum absolute atomic E-state index is 0.125. The first-order valence-electron chi connectivity index (χ1n) is 11.4. The lowest BCUT2D eigenvalue weighted by Gasteiger charge is -2.40. The summed E-state index contributed by atoms with van der Waals surface area (Å²) in [6.07, 6.45) is -4.30. The average molecular weight is 472 g/mol. The van der Waals surface area contributed by atoms with Gasteiger partial charge in [-0.15, -0.1) is 0 Å². The number of carbonyl (C=O) groups is 2. The number of benzene rings is 1. The van der Waals surface area contributed by atoms with Crippen molar-refractivity contribution in [2.75, 3.05) is 26.2 Å². The van der Waals surface area contributed by atoms with E-state index in [2.05, 4.69) is 18.7 Å². The number of piperazine rings is 1. The highest BCUT2D eigenvalue weighted by Crippen LogP contribution is 2.30. The molecule has 1 aliphatic heterocycles. The van der Waals surface area contributed by atoms with Gasteiger partial charge in [-0.25, -0.2) is 4.79 Å². The Hall–Kier alpha value is -2.29. The van der Waals surface area contributed by atoms with E-state index < -0.39 is 23.7 Å². The van der Waals surface area contributed by atoms with Gasteiger partial charge >= 0.3 is 18.2 Å². The molecule has 1 heterocycles. The van der Waals surface area contributed by atoms with Crippen LogP contribution >= 0.6 is 0 Å². The molecule has 0 aliphatic carbocycles. The Morgan fingerprint density at radius 2 is 1.48 bits per heavy atom. The number of hydrogen-bond donors (Lipinski definition) is 1. The van der Waals surface area contributed by atoms with Crippen molar-refractivity contribution >= 4 is 12.0 Å². The van der Waals surface area contributed by atoms with Gasteiger partial charge in [-0.1, -0.05) is 38.1 Å². The standard InChI is InChI=1S/C24H36F3N3O3/c1-16(2)15-20(29-11-13-30(14-12-29)22(32)33-23(4,5)6)19-9-7-18(8-10-19)17(3)28-21(31)24(25,26)27/h7-10,16-17,20H,11-15H2,1-6H3,(H,28,31)/t17-,20?/m0/s1. The van der Waals surface area contributed by atoms with E-state index in [0.29, 0.717) is 37.7 Å². The summed E-state index contributed by atoms with van der Waals surface area (Å²) < 4.78 is 43.1. The molecule has 0 saturated carbocycles. The molecule has 9 heteroatoms. The first kappa shape index (κ1) is 27.0. The van der Waals surface area contributed by atoms with Crippen LogP contribution in [0, 0.1) is 5.92 Å². The average Bonchev–Trinajstić information content (AvgIpc) is 2.70. The molecule has 2 rings (SSSR count). The summed E-state index contributed by atoms with van der Waals surface area (Å²) in [6.45, 7) is 13.9. The molecule has 1 fully saturated rings. The predicted molar refractivity (Wildman–Crippen MR) is 121 cm³/mol. The lowest BCUT2D eigenvalue weighted by molar-refractivity contribution is -0.174. The van der Waals surface area contributed by atoms with Crippen molar-refractivity contribution in [1.82, 2.24) is 15.1 Å². The lowest BCUT2D eigenvalue weighted by Crippen LogP contribution is -2.51. The zero-order chi connectivity index (χ0) is 25.0. The fourth-order valence-electron chi connectivity index (χ4n) is 3.85. The molecule has 0 radical (unpaired) electrons. The molecule has 1 saturated heterocycles. The fourth-order valence-corrected chi connectivity index (χ4v) is 3.85. The monoisotopic (exact) mass is 471 g/mol. The molecule has 1 aliphatic rings. The number of alkyl halides is 3. The van der Waals surface area contributed by atoms with Crippen molar-refractivity contribution in [3.63, 3.8) is 0 Å². The van der Waals surface area contributed by atoms with Crippen LogP contribution in [0.3, 0.4) is 0 Å². The summed E-state index contributed by atoms with van der Waals surface area (Å²) in [5.41, 5.74) is 1.13. The van der Waals surface area contributed by atoms with E-state index in [1.807, 2.05) is 38.2 Å². The van der Waals surface area contributed by atoms with Gasteiger partial charge in [0.15, 0.2) is 0 Å². The van der Waals surface area contributed by atoms with Crippen molar-refractivity contribution in [2.24, 2.45) is 5.92 Å². The van der Waals surface area contributed by atoms with Crippen LogP contribution in [0.25, 0.3) is 0 Å². The number of carbonyl (C=O) groups excluding carboxylic acids is 2. The van der Waals surface area contributed by atoms with Crippen LogP contribution < -0.4 is 5.32 Å². The van der Waals surface area contributed by atoms with Crippen LogP contribution in [0.1, 0.15) is 71.2 Å². The molecule has 0 bridgehead atoms. The fraction of sp³-hybridized carbons (Fsp3) is 0.667. The summed E-state index contributed by atoms with van der Waals surface area (Å²) in [5.74, 6) is -1.51. The molecule has 2 atom stereocenters. The van der Waals surface area contributed by atoms with E-state index in [-0.39, 0.29) is 12.1 Å². The quantitative estimate of drug-likeness (QED) is 0.630. The number of amides is 2. The van der Waals surface area contributed by atoms with Gasteiger partial charge in [-0.3, -0.25) is 9.69 Å². The smallest absolute Gasteiger partial charge is 0.444 e. The zero-order valence-electron chi connectivity index (χ0n) is 20.3. The molecule has 1 aromatic rings. The van der Waals surface area contributed by atoms with Gasteiger partial charge in [0.1, 0.15) is 5.60 Å². The molecule has 0 spiro atoms. The first-order chi connectivity index (χ1) is 15.2. The maximum Gasteiger partial charge on any atom is 0.471 e. The number of halogens is 3. The van der Waals surface area contributed by atoms with Crippen LogP contribution in [0.4, 0.5) is 18.0 Å². The Balaban J connectivity index is 2.07. The van der Waals surface area contributed by atoms with Crippen LogP contribution in [0.15, 0.2) is 24.3 Å². The van der Waals surface area contributed by atoms with Gasteiger partial charge in [0, 0.05) is 32.2 Å². The molecule has 1 N–H and O–H groups in total. The normalized spacial score (nSPS) is 17.6. The van der Waals surface area contributed by atoms with E-state index in [4.69, 9.17) is 4.74 Å². The van der Waals surface area contributed by atoms with Crippen molar-refractivity contribution < 1.29 is 27.5 Å². The number of hydrogen-bond acceptors (Lipinski definition) is 4. The van der Waals surface area contributed by atoms with E-state index in [1.165, 1.54) is 6.92 Å². The van der Waals surface area contributed by atoms with E-state index in [1.54, 1.807) is 17.0 Å². The minimum Gasteiger partial charge on any atom is -0.444 e. The third kappa shape index (κ3) is 8.21. The molecule has 6 nitrogen and oxygen atoms in total. The molecular weight excluding hydrogens is 435 g/mol. The van der Waals surface area contributed by atoms with E-state index in [0.717, 1.165) is 12.0 Å². The number of ether oxygens (including phenoxy) is 1. The van der Waals surface area contributed by atoms with Crippen LogP contribution in [0.2, 0.25) is 0 Å². The van der Waals surface area contributed by atoms with Crippen molar-refractivity contribution in [3.8, 4) is 0 Å².